The van der Waals surface area contributed by atoms with Gasteiger partial charge >= 0.3 is 0 Å². The number of Topliss-reactive ketones (excluding diaryl/α,β-unsaturated/α-hetero) is 1. The van der Waals surface area contributed by atoms with E-state index in [1.807, 2.05) is 11.9 Å². The fourth-order valence-electron chi connectivity index (χ4n) is 3.09. The molecule has 0 aromatic heterocycles. The second-order valence-corrected chi connectivity index (χ2v) is 6.20. The second kappa shape index (κ2) is 7.43. The molecule has 0 bridgehead atoms. The van der Waals surface area contributed by atoms with Gasteiger partial charge in [-0.2, -0.15) is 0 Å². The molecule has 0 N–H and O–H groups in total. The van der Waals surface area contributed by atoms with E-state index in [2.05, 4.69) is 6.92 Å². The zero-order valence-electron chi connectivity index (χ0n) is 13.7. The summed E-state index contributed by atoms with van der Waals surface area (Å²) in [6.07, 6.45) is 4.73. The standard InChI is InChI=1S/C18H25NO3/c1-13-6-4-5-7-17(13)19(3)18(21)12-22-16-10-8-15(9-11-16)14(2)20/h8-11,13,17H,4-7,12H2,1-3H3. The van der Waals surface area contributed by atoms with Gasteiger partial charge < -0.3 is 9.64 Å². The van der Waals surface area contributed by atoms with Crippen molar-refractivity contribution in [1.82, 2.24) is 4.90 Å². The number of rotatable bonds is 5. The Balaban J connectivity index is 1.87. The lowest BCUT2D eigenvalue weighted by Gasteiger charge is -2.36. The van der Waals surface area contributed by atoms with E-state index in [1.54, 1.807) is 24.3 Å². The molecule has 0 spiro atoms. The van der Waals surface area contributed by atoms with Gasteiger partial charge in [-0.1, -0.05) is 19.8 Å². The van der Waals surface area contributed by atoms with E-state index in [-0.39, 0.29) is 18.3 Å². The largest absolute Gasteiger partial charge is 0.484 e. The Bertz CT molecular complexity index is 524. The van der Waals surface area contributed by atoms with Crippen molar-refractivity contribution in [2.45, 2.75) is 45.6 Å². The maximum Gasteiger partial charge on any atom is 0.260 e. The van der Waals surface area contributed by atoms with Crippen LogP contribution in [0.2, 0.25) is 0 Å². The molecule has 4 heteroatoms. The Morgan fingerprint density at radius 3 is 2.41 bits per heavy atom. The molecule has 1 aromatic rings. The average Bonchev–Trinajstić information content (AvgIpc) is 2.52. The van der Waals surface area contributed by atoms with Crippen LogP contribution in [0.1, 0.15) is 49.9 Å². The van der Waals surface area contributed by atoms with Gasteiger partial charge in [0, 0.05) is 18.7 Å². The van der Waals surface area contributed by atoms with Gasteiger partial charge in [0.2, 0.25) is 0 Å². The van der Waals surface area contributed by atoms with E-state index >= 15 is 0 Å². The Labute approximate surface area is 132 Å². The van der Waals surface area contributed by atoms with Gasteiger partial charge in [-0.25, -0.2) is 0 Å². The minimum absolute atomic E-state index is 0.00870. The quantitative estimate of drug-likeness (QED) is 0.784. The maximum atomic E-state index is 12.3. The number of benzene rings is 1. The monoisotopic (exact) mass is 303 g/mol. The predicted molar refractivity (Wildman–Crippen MR) is 86.1 cm³/mol. The second-order valence-electron chi connectivity index (χ2n) is 6.20. The summed E-state index contributed by atoms with van der Waals surface area (Å²) < 4.78 is 5.55. The number of hydrogen-bond acceptors (Lipinski definition) is 3. The number of amides is 1. The van der Waals surface area contributed by atoms with Gasteiger partial charge in [0.15, 0.2) is 12.4 Å². The molecule has 4 nitrogen and oxygen atoms in total. The van der Waals surface area contributed by atoms with E-state index in [9.17, 15) is 9.59 Å². The first-order valence-corrected chi connectivity index (χ1v) is 7.98. The molecule has 2 unspecified atom stereocenters. The third kappa shape index (κ3) is 4.09. The van der Waals surface area contributed by atoms with Crippen molar-refractivity contribution in [3.63, 3.8) is 0 Å². The summed E-state index contributed by atoms with van der Waals surface area (Å²) in [5, 5.41) is 0. The summed E-state index contributed by atoms with van der Waals surface area (Å²) >= 11 is 0. The Kier molecular flexibility index (Phi) is 5.58. The van der Waals surface area contributed by atoms with Gasteiger partial charge in [-0.05, 0) is 49.9 Å². The SMILES string of the molecule is CC(=O)c1ccc(OCC(=O)N(C)C2CCCCC2C)cc1. The summed E-state index contributed by atoms with van der Waals surface area (Å²) in [4.78, 5) is 25.3. The number of ketones is 1. The molecule has 1 aromatic carbocycles. The van der Waals surface area contributed by atoms with Crippen LogP contribution in [0.4, 0.5) is 0 Å². The molecule has 1 saturated carbocycles. The minimum atomic E-state index is 0.00870. The number of hydrogen-bond donors (Lipinski definition) is 0. The number of likely N-dealkylation sites (N-methyl/N-ethyl adjacent to an activating group) is 1. The molecule has 22 heavy (non-hydrogen) atoms. The van der Waals surface area contributed by atoms with E-state index in [4.69, 9.17) is 4.74 Å². The molecule has 2 atom stereocenters. The van der Waals surface area contributed by atoms with Crippen LogP contribution < -0.4 is 4.74 Å². The molecule has 1 aliphatic carbocycles. The molecule has 1 amide bonds. The van der Waals surface area contributed by atoms with Crippen LogP contribution in [-0.2, 0) is 4.79 Å². The van der Waals surface area contributed by atoms with E-state index in [0.717, 1.165) is 6.42 Å². The summed E-state index contributed by atoms with van der Waals surface area (Å²) in [5.74, 6) is 1.20. The lowest BCUT2D eigenvalue weighted by molar-refractivity contribution is -0.135. The normalized spacial score (nSPS) is 21.2. The maximum absolute atomic E-state index is 12.3. The number of ether oxygens (including phenoxy) is 1. The van der Waals surface area contributed by atoms with Gasteiger partial charge in [0.05, 0.1) is 0 Å². The van der Waals surface area contributed by atoms with Crippen molar-refractivity contribution in [3.8, 4) is 5.75 Å². The predicted octanol–water partition coefficient (Wildman–Crippen LogP) is 3.31. The van der Waals surface area contributed by atoms with Crippen molar-refractivity contribution >= 4 is 11.7 Å². The summed E-state index contributed by atoms with van der Waals surface area (Å²) in [7, 11) is 1.87. The fourth-order valence-corrected chi connectivity index (χ4v) is 3.09. The van der Waals surface area contributed by atoms with Crippen molar-refractivity contribution in [2.75, 3.05) is 13.7 Å². The smallest absolute Gasteiger partial charge is 0.260 e. The molecular weight excluding hydrogens is 278 g/mol. The lowest BCUT2D eigenvalue weighted by Crippen LogP contribution is -2.44. The minimum Gasteiger partial charge on any atom is -0.484 e. The van der Waals surface area contributed by atoms with Gasteiger partial charge in [-0.3, -0.25) is 9.59 Å². The van der Waals surface area contributed by atoms with Crippen LogP contribution in [0.15, 0.2) is 24.3 Å². The molecular formula is C18H25NO3. The van der Waals surface area contributed by atoms with E-state index < -0.39 is 0 Å². The highest BCUT2D eigenvalue weighted by molar-refractivity contribution is 5.94. The van der Waals surface area contributed by atoms with Crippen LogP contribution in [-0.4, -0.2) is 36.3 Å². The fraction of sp³-hybridized carbons (Fsp3) is 0.556. The average molecular weight is 303 g/mol. The third-order valence-electron chi connectivity index (χ3n) is 4.58. The molecule has 0 heterocycles. The first-order valence-electron chi connectivity index (χ1n) is 7.98. The van der Waals surface area contributed by atoms with Crippen LogP contribution >= 0.6 is 0 Å². The molecule has 0 saturated heterocycles. The Morgan fingerprint density at radius 2 is 1.82 bits per heavy atom. The highest BCUT2D eigenvalue weighted by Crippen LogP contribution is 2.27. The van der Waals surface area contributed by atoms with E-state index in [0.29, 0.717) is 23.3 Å². The lowest BCUT2D eigenvalue weighted by atomic mass is 9.85. The van der Waals surface area contributed by atoms with Crippen molar-refractivity contribution in [3.05, 3.63) is 29.8 Å². The first kappa shape index (κ1) is 16.5. The van der Waals surface area contributed by atoms with Crippen LogP contribution in [0, 0.1) is 5.92 Å². The van der Waals surface area contributed by atoms with Gasteiger partial charge in [0.1, 0.15) is 5.75 Å². The highest BCUT2D eigenvalue weighted by atomic mass is 16.5. The van der Waals surface area contributed by atoms with E-state index in [1.165, 1.54) is 26.2 Å². The molecule has 2 rings (SSSR count). The Hall–Kier alpha value is -1.84. The van der Waals surface area contributed by atoms with Crippen molar-refractivity contribution in [1.29, 1.82) is 0 Å². The molecule has 0 aliphatic heterocycles. The highest BCUT2D eigenvalue weighted by Gasteiger charge is 2.27. The molecule has 1 aliphatic rings. The Morgan fingerprint density at radius 1 is 1.18 bits per heavy atom. The van der Waals surface area contributed by atoms with Crippen molar-refractivity contribution < 1.29 is 14.3 Å². The van der Waals surface area contributed by atoms with Crippen LogP contribution in [0.5, 0.6) is 5.75 Å². The van der Waals surface area contributed by atoms with Crippen molar-refractivity contribution in [2.24, 2.45) is 5.92 Å². The zero-order chi connectivity index (χ0) is 16.1. The van der Waals surface area contributed by atoms with Crippen LogP contribution in [0.3, 0.4) is 0 Å². The number of carbonyl (C=O) groups excluding carboxylic acids is 2. The number of carbonyl (C=O) groups is 2. The molecule has 0 radical (unpaired) electrons. The summed E-state index contributed by atoms with van der Waals surface area (Å²) in [5.41, 5.74) is 0.645. The molecule has 1 fully saturated rings. The summed E-state index contributed by atoms with van der Waals surface area (Å²) in [6, 6.07) is 7.22. The van der Waals surface area contributed by atoms with Crippen LogP contribution in [0.25, 0.3) is 0 Å². The third-order valence-corrected chi connectivity index (χ3v) is 4.58. The topological polar surface area (TPSA) is 46.6 Å². The summed E-state index contributed by atoms with van der Waals surface area (Å²) in [6.45, 7) is 3.79. The zero-order valence-corrected chi connectivity index (χ0v) is 13.7. The number of nitrogens with zero attached hydrogens (tertiary/aromatic N) is 1. The first-order chi connectivity index (χ1) is 10.5. The van der Waals surface area contributed by atoms with Gasteiger partial charge in [-0.15, -0.1) is 0 Å². The van der Waals surface area contributed by atoms with Gasteiger partial charge in [0.25, 0.3) is 5.91 Å². The molecule has 120 valence electrons.